The summed E-state index contributed by atoms with van der Waals surface area (Å²) in [6.45, 7) is 2.62. The van der Waals surface area contributed by atoms with Crippen LogP contribution in [0.2, 0.25) is 0 Å². The molecule has 2 aromatic carbocycles. The molecule has 40 heavy (non-hydrogen) atoms. The van der Waals surface area contributed by atoms with E-state index < -0.39 is 28.3 Å². The van der Waals surface area contributed by atoms with E-state index in [-0.39, 0.29) is 36.4 Å². The van der Waals surface area contributed by atoms with Crippen molar-refractivity contribution in [2.75, 3.05) is 33.4 Å². The van der Waals surface area contributed by atoms with E-state index in [1.165, 1.54) is 23.5 Å². The Morgan fingerprint density at radius 1 is 1.20 bits per heavy atom. The molecule has 11 heteroatoms. The smallest absolute Gasteiger partial charge is 0.407 e. The van der Waals surface area contributed by atoms with Crippen molar-refractivity contribution < 1.29 is 32.5 Å². The van der Waals surface area contributed by atoms with Crippen LogP contribution in [0.25, 0.3) is 0 Å². The van der Waals surface area contributed by atoms with Gasteiger partial charge in [-0.05, 0) is 48.6 Å². The minimum atomic E-state index is -4.03. The first kappa shape index (κ1) is 31.4. The van der Waals surface area contributed by atoms with Crippen LogP contribution in [0.1, 0.15) is 38.2 Å². The van der Waals surface area contributed by atoms with Gasteiger partial charge in [-0.25, -0.2) is 13.2 Å². The Hall–Kier alpha value is -3.17. The molecule has 2 aromatic rings. The van der Waals surface area contributed by atoms with E-state index in [4.69, 9.17) is 19.5 Å². The third-order valence-electron chi connectivity index (χ3n) is 7.02. The second-order valence-corrected chi connectivity index (χ2v) is 11.8. The summed E-state index contributed by atoms with van der Waals surface area (Å²) in [5.74, 6) is 0.428. The second kappa shape index (κ2) is 15.6. The van der Waals surface area contributed by atoms with Crippen LogP contribution in [-0.4, -0.2) is 75.6 Å². The first-order valence-corrected chi connectivity index (χ1v) is 15.0. The number of nitrogens with zero attached hydrogens (tertiary/aromatic N) is 2. The first-order valence-electron chi connectivity index (χ1n) is 13.5. The molecule has 1 aliphatic rings. The van der Waals surface area contributed by atoms with Crippen molar-refractivity contribution in [2.24, 2.45) is 5.92 Å². The zero-order valence-corrected chi connectivity index (χ0v) is 23.9. The number of sulfonamides is 1. The molecule has 3 rings (SSSR count). The van der Waals surface area contributed by atoms with E-state index in [0.29, 0.717) is 44.6 Å². The van der Waals surface area contributed by atoms with Crippen molar-refractivity contribution in [2.45, 2.75) is 62.2 Å². The summed E-state index contributed by atoms with van der Waals surface area (Å²) >= 11 is 0. The number of aliphatic hydroxyl groups excluding tert-OH is 1. The maximum Gasteiger partial charge on any atom is 0.407 e. The van der Waals surface area contributed by atoms with Crippen LogP contribution in [0.3, 0.4) is 0 Å². The minimum Gasteiger partial charge on any atom is -0.497 e. The summed E-state index contributed by atoms with van der Waals surface area (Å²) in [6, 6.07) is 16.7. The van der Waals surface area contributed by atoms with E-state index in [1.54, 1.807) is 12.1 Å². The molecule has 0 aliphatic carbocycles. The lowest BCUT2D eigenvalue weighted by molar-refractivity contribution is 0.0640. The Bertz CT molecular complexity index is 1200. The zero-order chi connectivity index (χ0) is 29.0. The molecule has 1 fully saturated rings. The molecule has 10 nitrogen and oxygen atoms in total. The molecule has 0 aromatic heterocycles. The van der Waals surface area contributed by atoms with Gasteiger partial charge < -0.3 is 24.6 Å². The van der Waals surface area contributed by atoms with Crippen molar-refractivity contribution in [1.82, 2.24) is 9.62 Å². The van der Waals surface area contributed by atoms with E-state index >= 15 is 0 Å². The normalized spacial score (nSPS) is 17.5. The predicted molar refractivity (Wildman–Crippen MR) is 149 cm³/mol. The Morgan fingerprint density at radius 3 is 2.52 bits per heavy atom. The molecular weight excluding hydrogens is 534 g/mol. The molecule has 0 saturated carbocycles. The molecule has 0 spiro atoms. The van der Waals surface area contributed by atoms with Crippen LogP contribution in [0.4, 0.5) is 4.79 Å². The van der Waals surface area contributed by atoms with Gasteiger partial charge in [0, 0.05) is 25.9 Å². The second-order valence-electron chi connectivity index (χ2n) is 9.87. The summed E-state index contributed by atoms with van der Waals surface area (Å²) in [5.41, 5.74) is 0.862. The summed E-state index contributed by atoms with van der Waals surface area (Å²) in [4.78, 5) is 12.8. The third kappa shape index (κ3) is 9.20. The fourth-order valence-corrected chi connectivity index (χ4v) is 6.11. The van der Waals surface area contributed by atoms with Gasteiger partial charge in [0.25, 0.3) is 0 Å². The number of carbonyl (C=O) groups excluding carboxylic acids is 1. The van der Waals surface area contributed by atoms with Crippen molar-refractivity contribution in [3.05, 3.63) is 60.2 Å². The van der Waals surface area contributed by atoms with Crippen LogP contribution in [0.15, 0.2) is 59.5 Å². The molecule has 4 atom stereocenters. The van der Waals surface area contributed by atoms with Gasteiger partial charge in [-0.3, -0.25) is 0 Å². The average Bonchev–Trinajstić information content (AvgIpc) is 3.47. The number of nitriles is 1. The maximum atomic E-state index is 13.8. The minimum absolute atomic E-state index is 0.0591. The molecule has 1 heterocycles. The molecule has 2 N–H and O–H groups in total. The van der Waals surface area contributed by atoms with Crippen molar-refractivity contribution in [3.8, 4) is 11.8 Å². The molecule has 1 saturated heterocycles. The van der Waals surface area contributed by atoms with Gasteiger partial charge in [0.2, 0.25) is 10.0 Å². The number of alkyl carbamates (subject to hydrolysis) is 1. The highest BCUT2D eigenvalue weighted by Gasteiger charge is 2.33. The Morgan fingerprint density at radius 2 is 1.93 bits per heavy atom. The maximum absolute atomic E-state index is 13.8. The quantitative estimate of drug-likeness (QED) is 0.330. The van der Waals surface area contributed by atoms with Crippen LogP contribution >= 0.6 is 0 Å². The van der Waals surface area contributed by atoms with E-state index in [0.717, 1.165) is 5.56 Å². The van der Waals surface area contributed by atoms with Crippen LogP contribution in [0.5, 0.6) is 5.75 Å². The summed E-state index contributed by atoms with van der Waals surface area (Å²) in [7, 11) is -2.53. The van der Waals surface area contributed by atoms with Gasteiger partial charge in [0.05, 0.1) is 43.4 Å². The lowest BCUT2D eigenvalue weighted by Gasteiger charge is -2.31. The van der Waals surface area contributed by atoms with Crippen molar-refractivity contribution in [1.29, 1.82) is 5.26 Å². The summed E-state index contributed by atoms with van der Waals surface area (Å²) in [6.07, 6.45) is 0.0233. The predicted octanol–water partition coefficient (Wildman–Crippen LogP) is 3.50. The molecule has 0 bridgehead atoms. The number of amides is 1. The lowest BCUT2D eigenvalue weighted by Crippen LogP contribution is -2.51. The number of carbonyl (C=O) groups is 1. The summed E-state index contributed by atoms with van der Waals surface area (Å²) < 4.78 is 44.8. The van der Waals surface area contributed by atoms with Gasteiger partial charge in [-0.2, -0.15) is 9.57 Å². The van der Waals surface area contributed by atoms with E-state index in [2.05, 4.69) is 11.4 Å². The molecule has 1 aliphatic heterocycles. The number of nitrogens with one attached hydrogen (secondary N) is 1. The molecule has 1 amide bonds. The lowest BCUT2D eigenvalue weighted by atomic mass is 9.99. The number of ether oxygens (including phenoxy) is 3. The summed E-state index contributed by atoms with van der Waals surface area (Å²) in [5, 5.41) is 23.3. The van der Waals surface area contributed by atoms with E-state index in [1.807, 2.05) is 37.3 Å². The van der Waals surface area contributed by atoms with Crippen LogP contribution in [-0.2, 0) is 25.9 Å². The fourth-order valence-electron chi connectivity index (χ4n) is 4.58. The molecule has 4 unspecified atom stereocenters. The van der Waals surface area contributed by atoms with Crippen molar-refractivity contribution in [3.63, 3.8) is 0 Å². The monoisotopic (exact) mass is 573 g/mol. The fraction of sp³-hybridized carbons (Fsp3) is 0.517. The van der Waals surface area contributed by atoms with Crippen molar-refractivity contribution >= 4 is 16.1 Å². The van der Waals surface area contributed by atoms with E-state index in [9.17, 15) is 18.3 Å². The molecule has 218 valence electrons. The Labute approximate surface area is 236 Å². The number of benzene rings is 2. The van der Waals surface area contributed by atoms with Crippen LogP contribution < -0.4 is 10.1 Å². The Kier molecular flexibility index (Phi) is 12.2. The molecule has 0 radical (unpaired) electrons. The third-order valence-corrected chi connectivity index (χ3v) is 8.87. The van der Waals surface area contributed by atoms with Gasteiger partial charge in [-0.15, -0.1) is 0 Å². The zero-order valence-electron chi connectivity index (χ0n) is 23.1. The standard InChI is InChI=1S/C29H39N3O7S/c1-3-22(10-7-16-30)19-32(40(35,36)26-13-11-24(37-2)12-14-26)20-28(33)27(18-23-8-5-4-6-9-23)31-29(34)39-25-15-17-38-21-25/h4-6,8-9,11-14,22,25,27-28,33H,3,7,10,15,17-21H2,1-2H3,(H,31,34). The number of methoxy groups -OCH3 is 1. The highest BCUT2D eigenvalue weighted by Crippen LogP contribution is 2.24. The highest BCUT2D eigenvalue weighted by molar-refractivity contribution is 7.89. The largest absolute Gasteiger partial charge is 0.497 e. The van der Waals surface area contributed by atoms with Gasteiger partial charge in [0.15, 0.2) is 0 Å². The number of aliphatic hydroxyl groups is 1. The van der Waals surface area contributed by atoms with Gasteiger partial charge in [-0.1, -0.05) is 43.7 Å². The highest BCUT2D eigenvalue weighted by atomic mass is 32.2. The molecular formula is C29H39N3O7S. The van der Waals surface area contributed by atoms with Gasteiger partial charge >= 0.3 is 6.09 Å². The number of rotatable bonds is 15. The van der Waals surface area contributed by atoms with Crippen LogP contribution in [0, 0.1) is 17.2 Å². The topological polar surface area (TPSA) is 138 Å². The number of hydrogen-bond donors (Lipinski definition) is 2. The Balaban J connectivity index is 1.86. The number of hydrogen-bond acceptors (Lipinski definition) is 8. The first-order chi connectivity index (χ1) is 19.3. The van der Waals surface area contributed by atoms with Gasteiger partial charge in [0.1, 0.15) is 11.9 Å². The SMILES string of the molecule is CCC(CCC#N)CN(CC(O)C(Cc1ccccc1)NC(=O)OC1CCOC1)S(=O)(=O)c1ccc(OC)cc1. The average molecular weight is 574 g/mol.